The molecule has 0 spiro atoms. The minimum atomic E-state index is -0.385. The summed E-state index contributed by atoms with van der Waals surface area (Å²) in [7, 11) is 0. The molecule has 5 nitrogen and oxygen atoms in total. The van der Waals surface area contributed by atoms with Crippen LogP contribution in [0.25, 0.3) is 5.57 Å². The van der Waals surface area contributed by atoms with Crippen molar-refractivity contribution >= 4 is 23.2 Å². The van der Waals surface area contributed by atoms with Crippen LogP contribution in [-0.4, -0.2) is 10.9 Å². The van der Waals surface area contributed by atoms with Gasteiger partial charge in [0, 0.05) is 12.6 Å². The second kappa shape index (κ2) is 7.92. The van der Waals surface area contributed by atoms with Crippen LogP contribution in [0.4, 0.5) is 16.1 Å². The monoisotopic (exact) mass is 327 g/mol. The predicted molar refractivity (Wildman–Crippen MR) is 91.9 cm³/mol. The van der Waals surface area contributed by atoms with Crippen LogP contribution >= 0.6 is 0 Å². The lowest BCUT2D eigenvalue weighted by Crippen LogP contribution is -2.16. The SMILES string of the molecule is C=C(/C=C\C=C(/C)c1cnc(Nc2ccccc2F)o1)NC(C)=O. The molecule has 0 atom stereocenters. The smallest absolute Gasteiger partial charge is 0.299 e. The quantitative estimate of drug-likeness (QED) is 0.782. The number of anilines is 2. The van der Waals surface area contributed by atoms with Crippen molar-refractivity contribution in [2.45, 2.75) is 13.8 Å². The number of rotatable bonds is 6. The fourth-order valence-corrected chi connectivity index (χ4v) is 1.85. The van der Waals surface area contributed by atoms with Crippen LogP contribution in [0.1, 0.15) is 19.6 Å². The highest BCUT2D eigenvalue weighted by Gasteiger charge is 2.07. The Kier molecular flexibility index (Phi) is 5.68. The molecular formula is C18H18FN3O2. The lowest BCUT2D eigenvalue weighted by atomic mass is 10.2. The summed E-state index contributed by atoms with van der Waals surface area (Å²) >= 11 is 0. The normalized spacial score (nSPS) is 11.5. The van der Waals surface area contributed by atoms with Gasteiger partial charge >= 0.3 is 0 Å². The Bertz CT molecular complexity index is 806. The van der Waals surface area contributed by atoms with Crippen LogP contribution in [0.15, 0.2) is 65.4 Å². The Hall–Kier alpha value is -3.15. The van der Waals surface area contributed by atoms with Crippen molar-refractivity contribution in [3.63, 3.8) is 0 Å². The van der Waals surface area contributed by atoms with Gasteiger partial charge in [-0.3, -0.25) is 4.79 Å². The fourth-order valence-electron chi connectivity index (χ4n) is 1.85. The van der Waals surface area contributed by atoms with Crippen LogP contribution in [-0.2, 0) is 4.79 Å². The summed E-state index contributed by atoms with van der Waals surface area (Å²) in [6.45, 7) is 6.96. The van der Waals surface area contributed by atoms with Gasteiger partial charge in [0.2, 0.25) is 5.91 Å². The Morgan fingerprint density at radius 1 is 1.33 bits per heavy atom. The molecule has 0 bridgehead atoms. The predicted octanol–water partition coefficient (Wildman–Crippen LogP) is 4.17. The largest absolute Gasteiger partial charge is 0.424 e. The molecule has 1 amide bonds. The van der Waals surface area contributed by atoms with Gasteiger partial charge in [-0.15, -0.1) is 0 Å². The van der Waals surface area contributed by atoms with E-state index in [1.54, 1.807) is 42.6 Å². The maximum atomic E-state index is 13.6. The number of halogens is 1. The topological polar surface area (TPSA) is 67.2 Å². The van der Waals surface area contributed by atoms with Gasteiger partial charge in [0.1, 0.15) is 5.82 Å². The van der Waals surface area contributed by atoms with E-state index in [2.05, 4.69) is 22.2 Å². The van der Waals surface area contributed by atoms with Crippen LogP contribution in [0.5, 0.6) is 0 Å². The molecule has 0 unspecified atom stereocenters. The summed E-state index contributed by atoms with van der Waals surface area (Å²) in [4.78, 5) is 14.9. The van der Waals surface area contributed by atoms with E-state index >= 15 is 0 Å². The number of aromatic nitrogens is 1. The van der Waals surface area contributed by atoms with E-state index in [9.17, 15) is 9.18 Å². The van der Waals surface area contributed by atoms with Gasteiger partial charge in [0.25, 0.3) is 6.01 Å². The van der Waals surface area contributed by atoms with Gasteiger partial charge in [0.15, 0.2) is 5.76 Å². The molecule has 1 aromatic carbocycles. The van der Waals surface area contributed by atoms with Crippen molar-refractivity contribution in [3.8, 4) is 0 Å². The Balaban J connectivity index is 2.03. The van der Waals surface area contributed by atoms with Gasteiger partial charge in [-0.25, -0.2) is 9.37 Å². The van der Waals surface area contributed by atoms with Crippen molar-refractivity contribution < 1.29 is 13.6 Å². The van der Waals surface area contributed by atoms with E-state index in [4.69, 9.17) is 4.42 Å². The highest BCUT2D eigenvalue weighted by molar-refractivity contribution is 5.75. The summed E-state index contributed by atoms with van der Waals surface area (Å²) in [5.41, 5.74) is 1.60. The summed E-state index contributed by atoms with van der Waals surface area (Å²) in [6, 6.07) is 6.47. The van der Waals surface area contributed by atoms with Crippen molar-refractivity contribution in [3.05, 3.63) is 72.5 Å². The molecule has 24 heavy (non-hydrogen) atoms. The van der Waals surface area contributed by atoms with Crippen molar-refractivity contribution in [1.82, 2.24) is 10.3 Å². The first-order valence-corrected chi connectivity index (χ1v) is 7.25. The molecule has 0 saturated heterocycles. The minimum absolute atomic E-state index is 0.176. The molecule has 0 aliphatic carbocycles. The zero-order valence-corrected chi connectivity index (χ0v) is 13.5. The molecule has 0 aliphatic heterocycles. The standard InChI is InChI=1S/C18H18FN3O2/c1-12(7-6-8-13(2)21-14(3)23)17-11-20-18(24-17)22-16-10-5-4-9-15(16)19/h4-11H,2H2,1,3H3,(H,20,22)(H,21,23)/b8-6-,12-7+. The second-order valence-electron chi connectivity index (χ2n) is 5.05. The average Bonchev–Trinajstić information content (AvgIpc) is 2.97. The van der Waals surface area contributed by atoms with Gasteiger partial charge in [0.05, 0.1) is 11.9 Å². The number of carbonyl (C=O) groups is 1. The molecule has 0 fully saturated rings. The minimum Gasteiger partial charge on any atom is -0.424 e. The molecule has 0 aliphatic rings. The van der Waals surface area contributed by atoms with Crippen LogP contribution < -0.4 is 10.6 Å². The van der Waals surface area contributed by atoms with E-state index in [-0.39, 0.29) is 17.7 Å². The third-order valence-electron chi connectivity index (χ3n) is 2.99. The summed E-state index contributed by atoms with van der Waals surface area (Å²) in [6.07, 6.45) is 6.74. The van der Waals surface area contributed by atoms with Crippen molar-refractivity contribution in [2.24, 2.45) is 0 Å². The number of carbonyl (C=O) groups excluding carboxylic acids is 1. The molecule has 1 heterocycles. The highest BCUT2D eigenvalue weighted by atomic mass is 19.1. The second-order valence-corrected chi connectivity index (χ2v) is 5.05. The van der Waals surface area contributed by atoms with Gasteiger partial charge in [-0.1, -0.05) is 30.9 Å². The number of allylic oxidation sites excluding steroid dienone is 4. The molecule has 1 aromatic heterocycles. The van der Waals surface area contributed by atoms with Gasteiger partial charge in [-0.2, -0.15) is 0 Å². The maximum absolute atomic E-state index is 13.6. The van der Waals surface area contributed by atoms with Crippen LogP contribution in [0.2, 0.25) is 0 Å². The lowest BCUT2D eigenvalue weighted by Gasteiger charge is -2.02. The van der Waals surface area contributed by atoms with Gasteiger partial charge < -0.3 is 15.1 Å². The molecule has 124 valence electrons. The average molecular weight is 327 g/mol. The number of nitrogens with one attached hydrogen (secondary N) is 2. The first-order valence-electron chi connectivity index (χ1n) is 7.25. The molecule has 2 aromatic rings. The first kappa shape index (κ1) is 17.2. The number of nitrogens with zero attached hydrogens (tertiary/aromatic N) is 1. The molecular weight excluding hydrogens is 309 g/mol. The van der Waals surface area contributed by atoms with E-state index < -0.39 is 0 Å². The van der Waals surface area contributed by atoms with Crippen LogP contribution in [0.3, 0.4) is 0 Å². The molecule has 6 heteroatoms. The Labute approximate surface area is 139 Å². The first-order chi connectivity index (χ1) is 11.5. The zero-order chi connectivity index (χ0) is 17.5. The van der Waals surface area contributed by atoms with E-state index in [0.29, 0.717) is 17.1 Å². The zero-order valence-electron chi connectivity index (χ0n) is 13.5. The lowest BCUT2D eigenvalue weighted by molar-refractivity contribution is -0.118. The highest BCUT2D eigenvalue weighted by Crippen LogP contribution is 2.22. The van der Waals surface area contributed by atoms with Gasteiger partial charge in [-0.05, 0) is 30.7 Å². The van der Waals surface area contributed by atoms with Crippen LogP contribution in [0, 0.1) is 5.82 Å². The molecule has 0 radical (unpaired) electrons. The number of amides is 1. The van der Waals surface area contributed by atoms with E-state index in [1.165, 1.54) is 13.0 Å². The third kappa shape index (κ3) is 4.95. The number of hydrogen-bond acceptors (Lipinski definition) is 4. The van der Waals surface area contributed by atoms with Crippen molar-refractivity contribution in [2.75, 3.05) is 5.32 Å². The summed E-state index contributed by atoms with van der Waals surface area (Å²) in [5, 5.41) is 5.35. The molecule has 2 rings (SSSR count). The summed E-state index contributed by atoms with van der Waals surface area (Å²) in [5.74, 6) is -0.0167. The Morgan fingerprint density at radius 2 is 2.08 bits per heavy atom. The van der Waals surface area contributed by atoms with Crippen molar-refractivity contribution in [1.29, 1.82) is 0 Å². The number of hydrogen-bond donors (Lipinski definition) is 2. The number of benzene rings is 1. The fraction of sp³-hybridized carbons (Fsp3) is 0.111. The number of oxazole rings is 1. The summed E-state index contributed by atoms with van der Waals surface area (Å²) < 4.78 is 19.1. The Morgan fingerprint density at radius 3 is 2.79 bits per heavy atom. The molecule has 0 saturated carbocycles. The maximum Gasteiger partial charge on any atom is 0.299 e. The third-order valence-corrected chi connectivity index (χ3v) is 2.99. The van der Waals surface area contributed by atoms with E-state index in [0.717, 1.165) is 5.57 Å². The van der Waals surface area contributed by atoms with E-state index in [1.807, 2.05) is 6.92 Å². The number of para-hydroxylation sites is 1. The molecule has 2 N–H and O–H groups in total.